The average Bonchev–Trinajstić information content (AvgIpc) is 2.97. The van der Waals surface area contributed by atoms with Crippen LogP contribution in [0.3, 0.4) is 0 Å². The van der Waals surface area contributed by atoms with E-state index in [0.29, 0.717) is 11.6 Å². The Morgan fingerprint density at radius 3 is 2.67 bits per heavy atom. The smallest absolute Gasteiger partial charge is 0.320 e. The predicted octanol–water partition coefficient (Wildman–Crippen LogP) is 2.08. The Labute approximate surface area is 122 Å². The number of hydrogen-bond donors (Lipinski definition) is 2. The average molecular weight is 291 g/mol. The lowest BCUT2D eigenvalue weighted by molar-refractivity contribution is -0.0970. The third-order valence-corrected chi connectivity index (χ3v) is 2.77. The van der Waals surface area contributed by atoms with E-state index in [-0.39, 0.29) is 6.54 Å². The molecule has 7 nitrogen and oxygen atoms in total. The van der Waals surface area contributed by atoms with E-state index in [4.69, 9.17) is 14.0 Å². The second kappa shape index (κ2) is 7.41. The van der Waals surface area contributed by atoms with Gasteiger partial charge in [0.05, 0.1) is 6.54 Å². The van der Waals surface area contributed by atoms with Crippen molar-refractivity contribution in [2.45, 2.75) is 6.29 Å². The number of benzene rings is 1. The fourth-order valence-corrected chi connectivity index (χ4v) is 1.67. The maximum Gasteiger partial charge on any atom is 0.320 e. The van der Waals surface area contributed by atoms with Gasteiger partial charge in [-0.05, 0) is 0 Å². The van der Waals surface area contributed by atoms with Crippen molar-refractivity contribution >= 4 is 11.8 Å². The highest BCUT2D eigenvalue weighted by Gasteiger charge is 2.11. The van der Waals surface area contributed by atoms with Crippen molar-refractivity contribution in [3.63, 3.8) is 0 Å². The summed E-state index contributed by atoms with van der Waals surface area (Å²) >= 11 is 0. The third kappa shape index (κ3) is 4.30. The summed E-state index contributed by atoms with van der Waals surface area (Å²) in [5.74, 6) is 0.912. The lowest BCUT2D eigenvalue weighted by Gasteiger charge is -2.13. The summed E-state index contributed by atoms with van der Waals surface area (Å²) in [4.78, 5) is 11.7. The lowest BCUT2D eigenvalue weighted by Crippen LogP contribution is -2.36. The van der Waals surface area contributed by atoms with Crippen molar-refractivity contribution in [2.75, 3.05) is 26.1 Å². The topological polar surface area (TPSA) is 85.6 Å². The molecule has 0 aliphatic rings. The van der Waals surface area contributed by atoms with E-state index in [1.807, 2.05) is 30.3 Å². The Hall–Kier alpha value is -2.38. The van der Waals surface area contributed by atoms with Gasteiger partial charge >= 0.3 is 6.03 Å². The van der Waals surface area contributed by atoms with Crippen LogP contribution < -0.4 is 10.6 Å². The number of nitrogens with zero attached hydrogens (tertiary/aromatic N) is 1. The van der Waals surface area contributed by atoms with Gasteiger partial charge < -0.3 is 19.3 Å². The molecule has 1 aromatic heterocycles. The van der Waals surface area contributed by atoms with Gasteiger partial charge in [0.2, 0.25) is 0 Å². The van der Waals surface area contributed by atoms with Crippen LogP contribution in [-0.4, -0.2) is 38.2 Å². The van der Waals surface area contributed by atoms with Crippen molar-refractivity contribution < 1.29 is 18.8 Å². The molecule has 0 atom stereocenters. The molecule has 2 rings (SSSR count). The van der Waals surface area contributed by atoms with Crippen molar-refractivity contribution in [1.82, 2.24) is 10.5 Å². The molecule has 1 aromatic carbocycles. The predicted molar refractivity (Wildman–Crippen MR) is 76.8 cm³/mol. The number of methoxy groups -OCH3 is 2. The van der Waals surface area contributed by atoms with Gasteiger partial charge in [-0.1, -0.05) is 35.5 Å². The van der Waals surface area contributed by atoms with Crippen LogP contribution in [0.25, 0.3) is 11.3 Å². The zero-order valence-electron chi connectivity index (χ0n) is 11.8. The first-order chi connectivity index (χ1) is 10.2. The second-order valence-corrected chi connectivity index (χ2v) is 4.18. The first-order valence-electron chi connectivity index (χ1n) is 6.35. The molecule has 0 spiro atoms. The molecular weight excluding hydrogens is 274 g/mol. The lowest BCUT2D eigenvalue weighted by atomic mass is 10.2. The summed E-state index contributed by atoms with van der Waals surface area (Å²) in [6, 6.07) is 10.7. The Kier molecular flexibility index (Phi) is 5.30. The molecule has 112 valence electrons. The normalized spacial score (nSPS) is 10.6. The van der Waals surface area contributed by atoms with Crippen LogP contribution in [-0.2, 0) is 9.47 Å². The van der Waals surface area contributed by atoms with Gasteiger partial charge in [0.25, 0.3) is 0 Å². The SMILES string of the molecule is COC(CNC(=O)Nc1cc(-c2ccccc2)on1)OC. The van der Waals surface area contributed by atoms with Crippen molar-refractivity contribution in [2.24, 2.45) is 0 Å². The van der Waals surface area contributed by atoms with Gasteiger partial charge in [-0.2, -0.15) is 0 Å². The summed E-state index contributed by atoms with van der Waals surface area (Å²) in [6.45, 7) is 0.224. The van der Waals surface area contributed by atoms with Crippen LogP contribution in [0.1, 0.15) is 0 Å². The molecule has 0 aliphatic carbocycles. The molecule has 0 saturated heterocycles. The summed E-state index contributed by atoms with van der Waals surface area (Å²) < 4.78 is 15.1. The summed E-state index contributed by atoms with van der Waals surface area (Å²) in [5, 5.41) is 8.96. The molecule has 1 heterocycles. The number of rotatable bonds is 6. The number of anilines is 1. The van der Waals surface area contributed by atoms with E-state index in [2.05, 4.69) is 15.8 Å². The van der Waals surface area contributed by atoms with Crippen molar-refractivity contribution in [3.05, 3.63) is 36.4 Å². The minimum absolute atomic E-state index is 0.224. The molecule has 2 amide bonds. The highest BCUT2D eigenvalue weighted by atomic mass is 16.7. The number of hydrogen-bond acceptors (Lipinski definition) is 5. The Balaban J connectivity index is 1.89. The van der Waals surface area contributed by atoms with E-state index < -0.39 is 12.3 Å². The fraction of sp³-hybridized carbons (Fsp3) is 0.286. The molecule has 0 aliphatic heterocycles. The first-order valence-corrected chi connectivity index (χ1v) is 6.35. The van der Waals surface area contributed by atoms with E-state index >= 15 is 0 Å². The van der Waals surface area contributed by atoms with E-state index in [9.17, 15) is 4.79 Å². The Bertz CT molecular complexity index is 567. The Morgan fingerprint density at radius 1 is 1.29 bits per heavy atom. The number of aromatic nitrogens is 1. The quantitative estimate of drug-likeness (QED) is 0.796. The van der Waals surface area contributed by atoms with Crippen molar-refractivity contribution in [3.8, 4) is 11.3 Å². The van der Waals surface area contributed by atoms with Crippen molar-refractivity contribution in [1.29, 1.82) is 0 Å². The molecule has 2 N–H and O–H groups in total. The zero-order valence-corrected chi connectivity index (χ0v) is 11.8. The maximum absolute atomic E-state index is 11.7. The van der Waals surface area contributed by atoms with Crippen LogP contribution in [0.4, 0.5) is 10.6 Å². The zero-order chi connectivity index (χ0) is 15.1. The van der Waals surface area contributed by atoms with E-state index in [1.165, 1.54) is 14.2 Å². The van der Waals surface area contributed by atoms with Gasteiger partial charge in [0, 0.05) is 25.8 Å². The van der Waals surface area contributed by atoms with Crippen LogP contribution in [0, 0.1) is 0 Å². The number of carbonyl (C=O) groups is 1. The number of urea groups is 1. The highest BCUT2D eigenvalue weighted by molar-refractivity contribution is 5.88. The molecule has 0 saturated carbocycles. The standard InChI is InChI=1S/C14H17N3O4/c1-19-13(20-2)9-15-14(18)16-12-8-11(21-17-12)10-6-4-3-5-7-10/h3-8,13H,9H2,1-2H3,(H2,15,16,17,18). The minimum atomic E-state index is -0.493. The molecule has 21 heavy (non-hydrogen) atoms. The van der Waals surface area contributed by atoms with Crippen LogP contribution >= 0.6 is 0 Å². The number of amides is 2. The summed E-state index contributed by atoms with van der Waals surface area (Å²) in [6.07, 6.45) is -0.493. The molecular formula is C14H17N3O4. The maximum atomic E-state index is 11.7. The van der Waals surface area contributed by atoms with Gasteiger partial charge in [-0.3, -0.25) is 5.32 Å². The third-order valence-electron chi connectivity index (χ3n) is 2.77. The summed E-state index contributed by atoms with van der Waals surface area (Å²) in [5.41, 5.74) is 0.886. The molecule has 0 fully saturated rings. The largest absolute Gasteiger partial charge is 0.354 e. The monoisotopic (exact) mass is 291 g/mol. The summed E-state index contributed by atoms with van der Waals surface area (Å²) in [7, 11) is 3.00. The fourth-order valence-electron chi connectivity index (χ4n) is 1.67. The number of nitrogens with one attached hydrogen (secondary N) is 2. The number of ether oxygens (including phenoxy) is 2. The molecule has 7 heteroatoms. The van der Waals surface area contributed by atoms with Gasteiger partial charge in [-0.15, -0.1) is 0 Å². The first kappa shape index (κ1) is 15.0. The molecule has 0 radical (unpaired) electrons. The minimum Gasteiger partial charge on any atom is -0.354 e. The molecule has 2 aromatic rings. The van der Waals surface area contributed by atoms with Gasteiger partial charge in [0.15, 0.2) is 17.9 Å². The van der Waals surface area contributed by atoms with Crippen LogP contribution in [0.15, 0.2) is 40.9 Å². The number of carbonyl (C=O) groups excluding carboxylic acids is 1. The van der Waals surface area contributed by atoms with Crippen LogP contribution in [0.2, 0.25) is 0 Å². The Morgan fingerprint density at radius 2 is 2.00 bits per heavy atom. The van der Waals surface area contributed by atoms with E-state index in [1.54, 1.807) is 6.07 Å². The molecule has 0 bridgehead atoms. The van der Waals surface area contributed by atoms with Gasteiger partial charge in [0.1, 0.15) is 0 Å². The highest BCUT2D eigenvalue weighted by Crippen LogP contribution is 2.21. The second-order valence-electron chi connectivity index (χ2n) is 4.18. The molecule has 0 unspecified atom stereocenters. The van der Waals surface area contributed by atoms with Gasteiger partial charge in [-0.25, -0.2) is 4.79 Å². The van der Waals surface area contributed by atoms with E-state index in [0.717, 1.165) is 5.56 Å². The van der Waals surface area contributed by atoms with Crippen LogP contribution in [0.5, 0.6) is 0 Å².